The second-order valence-electron chi connectivity index (χ2n) is 4.08. The number of amides is 2. The van der Waals surface area contributed by atoms with Crippen LogP contribution in [0.5, 0.6) is 0 Å². The summed E-state index contributed by atoms with van der Waals surface area (Å²) in [7, 11) is 0. The maximum absolute atomic E-state index is 11.7. The highest BCUT2D eigenvalue weighted by molar-refractivity contribution is 8.14. The van der Waals surface area contributed by atoms with Crippen molar-refractivity contribution in [3.63, 3.8) is 0 Å². The van der Waals surface area contributed by atoms with E-state index in [4.69, 9.17) is 0 Å². The van der Waals surface area contributed by atoms with Crippen molar-refractivity contribution < 1.29 is 14.4 Å². The third-order valence-electron chi connectivity index (χ3n) is 2.54. The van der Waals surface area contributed by atoms with Crippen molar-refractivity contribution in [2.75, 3.05) is 17.6 Å². The lowest BCUT2D eigenvalue weighted by molar-refractivity contribution is -0.135. The van der Waals surface area contributed by atoms with Gasteiger partial charge in [-0.05, 0) is 19.1 Å². The van der Waals surface area contributed by atoms with Crippen LogP contribution in [0.25, 0.3) is 0 Å². The first-order valence-corrected chi connectivity index (χ1v) is 6.95. The molecule has 0 saturated heterocycles. The van der Waals surface area contributed by atoms with Crippen molar-refractivity contribution in [2.45, 2.75) is 6.92 Å². The molecule has 1 aromatic carbocycles. The van der Waals surface area contributed by atoms with Crippen LogP contribution in [0, 0.1) is 0 Å². The van der Waals surface area contributed by atoms with Crippen molar-refractivity contribution in [1.29, 1.82) is 0 Å². The fourth-order valence-electron chi connectivity index (χ4n) is 1.57. The minimum Gasteiger partial charge on any atom is -0.318 e. The van der Waals surface area contributed by atoms with Gasteiger partial charge in [-0.3, -0.25) is 24.7 Å². The molecule has 0 fully saturated rings. The standard InChI is InChI=1S/C13H13N3O3S/c1-8(17)9-3-2-4-10(7-9)15-11(18)12(19)16-13-14-5-6-20-13/h2-4,7H,5-6H2,1H3,(H,15,18)(H,14,16,19). The predicted molar refractivity (Wildman–Crippen MR) is 78.0 cm³/mol. The monoisotopic (exact) mass is 291 g/mol. The summed E-state index contributed by atoms with van der Waals surface area (Å²) in [4.78, 5) is 38.6. The van der Waals surface area contributed by atoms with Gasteiger partial charge in [0.15, 0.2) is 11.0 Å². The van der Waals surface area contributed by atoms with E-state index in [9.17, 15) is 14.4 Å². The quantitative estimate of drug-likeness (QED) is 0.629. The van der Waals surface area contributed by atoms with Crippen molar-refractivity contribution in [2.24, 2.45) is 4.99 Å². The Balaban J connectivity index is 1.98. The molecule has 104 valence electrons. The van der Waals surface area contributed by atoms with E-state index in [0.717, 1.165) is 5.75 Å². The fourth-order valence-corrected chi connectivity index (χ4v) is 2.29. The van der Waals surface area contributed by atoms with Crippen molar-refractivity contribution in [3.05, 3.63) is 29.8 Å². The average molecular weight is 291 g/mol. The van der Waals surface area contributed by atoms with Gasteiger partial charge in [-0.15, -0.1) is 0 Å². The molecule has 2 amide bonds. The van der Waals surface area contributed by atoms with Crippen molar-refractivity contribution >= 4 is 40.2 Å². The Kier molecular flexibility index (Phi) is 4.52. The predicted octanol–water partition coefficient (Wildman–Crippen LogP) is 1.05. The summed E-state index contributed by atoms with van der Waals surface area (Å²) in [6.45, 7) is 2.08. The molecule has 1 aliphatic heterocycles. The second kappa shape index (κ2) is 6.33. The number of aliphatic imine (C=N–C) groups is 1. The number of benzene rings is 1. The van der Waals surface area contributed by atoms with E-state index in [0.29, 0.717) is 23.0 Å². The van der Waals surface area contributed by atoms with Crippen LogP contribution in [0.4, 0.5) is 5.69 Å². The van der Waals surface area contributed by atoms with Crippen LogP contribution in [-0.2, 0) is 9.59 Å². The van der Waals surface area contributed by atoms with Crippen LogP contribution in [0.15, 0.2) is 29.3 Å². The molecule has 0 radical (unpaired) electrons. The van der Waals surface area contributed by atoms with E-state index in [-0.39, 0.29) is 5.78 Å². The number of thioether (sulfide) groups is 1. The van der Waals surface area contributed by atoms with Crippen LogP contribution in [-0.4, -0.2) is 35.1 Å². The molecule has 0 saturated carbocycles. The maximum Gasteiger partial charge on any atom is 0.315 e. The third-order valence-corrected chi connectivity index (χ3v) is 3.43. The molecule has 0 unspecified atom stereocenters. The summed E-state index contributed by atoms with van der Waals surface area (Å²) in [5.74, 6) is -0.868. The van der Waals surface area contributed by atoms with Crippen LogP contribution < -0.4 is 10.6 Å². The zero-order chi connectivity index (χ0) is 14.5. The number of nitrogens with one attached hydrogen (secondary N) is 2. The number of amidine groups is 1. The van der Waals surface area contributed by atoms with Crippen LogP contribution in [0.2, 0.25) is 0 Å². The van der Waals surface area contributed by atoms with Crippen molar-refractivity contribution in [1.82, 2.24) is 5.32 Å². The molecule has 0 atom stereocenters. The Morgan fingerprint density at radius 3 is 2.60 bits per heavy atom. The molecule has 0 aliphatic carbocycles. The molecule has 1 heterocycles. The molecule has 0 aromatic heterocycles. The second-order valence-corrected chi connectivity index (χ2v) is 5.16. The van der Waals surface area contributed by atoms with Gasteiger partial charge in [0.25, 0.3) is 0 Å². The highest BCUT2D eigenvalue weighted by Gasteiger charge is 2.18. The third kappa shape index (κ3) is 3.67. The van der Waals surface area contributed by atoms with Gasteiger partial charge in [0, 0.05) is 17.0 Å². The number of hydrogen-bond acceptors (Lipinski definition) is 5. The summed E-state index contributed by atoms with van der Waals surface area (Å²) in [6.07, 6.45) is 0. The number of rotatable bonds is 2. The molecular formula is C13H13N3O3S. The van der Waals surface area contributed by atoms with Gasteiger partial charge in [0.2, 0.25) is 0 Å². The number of nitrogens with zero attached hydrogens (tertiary/aromatic N) is 1. The zero-order valence-electron chi connectivity index (χ0n) is 10.8. The maximum atomic E-state index is 11.7. The van der Waals surface area contributed by atoms with Crippen LogP contribution in [0.1, 0.15) is 17.3 Å². The van der Waals surface area contributed by atoms with Crippen LogP contribution >= 0.6 is 11.8 Å². The summed E-state index contributed by atoms with van der Waals surface area (Å²) >= 11 is 1.39. The molecular weight excluding hydrogens is 278 g/mol. The van der Waals surface area contributed by atoms with E-state index >= 15 is 0 Å². The Morgan fingerprint density at radius 1 is 1.20 bits per heavy atom. The largest absolute Gasteiger partial charge is 0.318 e. The van der Waals surface area contributed by atoms with Gasteiger partial charge in [-0.25, -0.2) is 0 Å². The van der Waals surface area contributed by atoms with Gasteiger partial charge >= 0.3 is 11.8 Å². The van der Waals surface area contributed by atoms with E-state index in [1.54, 1.807) is 18.2 Å². The minimum absolute atomic E-state index is 0.109. The summed E-state index contributed by atoms with van der Waals surface area (Å²) in [6, 6.07) is 6.41. The molecule has 0 spiro atoms. The lowest BCUT2D eigenvalue weighted by Crippen LogP contribution is -2.37. The Labute approximate surface area is 120 Å². The molecule has 1 aromatic rings. The first kappa shape index (κ1) is 14.3. The highest BCUT2D eigenvalue weighted by Crippen LogP contribution is 2.12. The van der Waals surface area contributed by atoms with Crippen molar-refractivity contribution in [3.8, 4) is 0 Å². The van der Waals surface area contributed by atoms with E-state index in [1.165, 1.54) is 24.8 Å². The van der Waals surface area contributed by atoms with Gasteiger partial charge in [0.1, 0.15) is 0 Å². The first-order valence-electron chi connectivity index (χ1n) is 5.97. The number of Topliss-reactive ketones (excluding diaryl/α,β-unsaturated/α-hetero) is 1. The summed E-state index contributed by atoms with van der Waals surface area (Å²) < 4.78 is 0. The molecule has 7 heteroatoms. The molecule has 20 heavy (non-hydrogen) atoms. The number of hydrogen-bond donors (Lipinski definition) is 2. The lowest BCUT2D eigenvalue weighted by atomic mass is 10.1. The normalized spacial score (nSPS) is 13.6. The van der Waals surface area contributed by atoms with Crippen LogP contribution in [0.3, 0.4) is 0 Å². The SMILES string of the molecule is CC(=O)c1cccc(NC(=O)C(=O)NC2=NCCS2)c1. The zero-order valence-corrected chi connectivity index (χ0v) is 11.6. The lowest BCUT2D eigenvalue weighted by Gasteiger charge is -2.06. The molecule has 2 rings (SSSR count). The number of carbonyl (C=O) groups excluding carboxylic acids is 3. The number of carbonyl (C=O) groups is 3. The smallest absolute Gasteiger partial charge is 0.315 e. The van der Waals surface area contributed by atoms with Gasteiger partial charge < -0.3 is 5.32 Å². The molecule has 2 N–H and O–H groups in total. The molecule has 0 bridgehead atoms. The van der Waals surface area contributed by atoms with E-state index < -0.39 is 11.8 Å². The average Bonchev–Trinajstić information content (AvgIpc) is 2.91. The highest BCUT2D eigenvalue weighted by atomic mass is 32.2. The Bertz CT molecular complexity index is 598. The Morgan fingerprint density at radius 2 is 1.95 bits per heavy atom. The minimum atomic E-state index is -0.791. The van der Waals surface area contributed by atoms with E-state index in [2.05, 4.69) is 15.6 Å². The fraction of sp³-hybridized carbons (Fsp3) is 0.231. The van der Waals surface area contributed by atoms with Gasteiger partial charge in [-0.2, -0.15) is 0 Å². The number of anilines is 1. The summed E-state index contributed by atoms with van der Waals surface area (Å²) in [5, 5.41) is 5.34. The van der Waals surface area contributed by atoms with E-state index in [1.807, 2.05) is 0 Å². The molecule has 6 nitrogen and oxygen atoms in total. The summed E-state index contributed by atoms with van der Waals surface area (Å²) in [5.41, 5.74) is 0.873. The van der Waals surface area contributed by atoms with Gasteiger partial charge in [0.05, 0.1) is 6.54 Å². The molecule has 1 aliphatic rings. The number of ketones is 1. The van der Waals surface area contributed by atoms with Gasteiger partial charge in [-0.1, -0.05) is 23.9 Å². The Hall–Kier alpha value is -2.15. The topological polar surface area (TPSA) is 87.6 Å². The first-order chi connectivity index (χ1) is 9.56.